The first-order valence-electron chi connectivity index (χ1n) is 10.8. The fourth-order valence-corrected chi connectivity index (χ4v) is 3.44. The van der Waals surface area contributed by atoms with Crippen molar-refractivity contribution < 1.29 is 19.1 Å². The number of carbonyl (C=O) groups excluding carboxylic acids is 2. The Labute approximate surface area is 203 Å². The number of aromatic amines is 1. The zero-order valence-corrected chi connectivity index (χ0v) is 20.6. The highest BCUT2D eigenvalue weighted by Gasteiger charge is 2.24. The van der Waals surface area contributed by atoms with Gasteiger partial charge in [-0.05, 0) is 45.9 Å². The molecule has 0 fully saturated rings. The Balaban J connectivity index is 1.81. The molecule has 0 saturated heterocycles. The first kappa shape index (κ1) is 25.1. The molecule has 3 N–H and O–H groups in total. The molecule has 2 heterocycles. The van der Waals surface area contributed by atoms with Crippen molar-refractivity contribution in [1.29, 1.82) is 0 Å². The van der Waals surface area contributed by atoms with E-state index in [0.717, 1.165) is 5.56 Å². The summed E-state index contributed by atoms with van der Waals surface area (Å²) in [4.78, 5) is 31.6. The largest absolute Gasteiger partial charge is 0.453 e. The molecule has 182 valence electrons. The number of rotatable bonds is 7. The molecule has 2 aromatic heterocycles. The summed E-state index contributed by atoms with van der Waals surface area (Å²) < 4.78 is 11.8. The lowest BCUT2D eigenvalue weighted by Crippen LogP contribution is -2.36. The summed E-state index contributed by atoms with van der Waals surface area (Å²) in [5.74, 6) is 0.573. The second kappa shape index (κ2) is 10.6. The molecule has 0 aliphatic carbocycles. The number of alkyl carbamates (subject to hydrolysis) is 1. The molecule has 0 spiro atoms. The average molecular weight is 489 g/mol. The van der Waals surface area contributed by atoms with Crippen molar-refractivity contribution in [2.24, 2.45) is 0 Å². The van der Waals surface area contributed by atoms with Crippen LogP contribution >= 0.6 is 11.6 Å². The van der Waals surface area contributed by atoms with Gasteiger partial charge in [-0.3, -0.25) is 10.00 Å². The summed E-state index contributed by atoms with van der Waals surface area (Å²) in [7, 11) is 1.30. The smallest absolute Gasteiger partial charge is 0.411 e. The number of H-pyrrole nitrogens is 1. The van der Waals surface area contributed by atoms with Gasteiger partial charge >= 0.3 is 12.2 Å². The van der Waals surface area contributed by atoms with Crippen molar-refractivity contribution in [3.8, 4) is 11.3 Å². The number of carbonyl (C=O) groups is 2. The van der Waals surface area contributed by atoms with Crippen molar-refractivity contribution in [3.05, 3.63) is 53.2 Å². The maximum absolute atomic E-state index is 12.5. The summed E-state index contributed by atoms with van der Waals surface area (Å²) in [6.07, 6.45) is 1.07. The third kappa shape index (κ3) is 6.74. The highest BCUT2D eigenvalue weighted by atomic mass is 35.5. The summed E-state index contributed by atoms with van der Waals surface area (Å²) >= 11 is 6.44. The number of aryl methyl sites for hydroxylation is 1. The molecule has 1 atom stereocenters. The van der Waals surface area contributed by atoms with Crippen LogP contribution in [0.3, 0.4) is 0 Å². The summed E-state index contributed by atoms with van der Waals surface area (Å²) in [5.41, 5.74) is 1.94. The monoisotopic (exact) mass is 488 g/mol. The van der Waals surface area contributed by atoms with Crippen LogP contribution in [0.15, 0.2) is 36.5 Å². The topological polar surface area (TPSA) is 123 Å². The third-order valence-corrected chi connectivity index (χ3v) is 5.00. The van der Waals surface area contributed by atoms with Gasteiger partial charge in [0.1, 0.15) is 22.3 Å². The van der Waals surface area contributed by atoms with Crippen molar-refractivity contribution in [1.82, 2.24) is 25.1 Å². The molecule has 3 rings (SSSR count). The van der Waals surface area contributed by atoms with Crippen LogP contribution in [0.25, 0.3) is 11.3 Å². The van der Waals surface area contributed by atoms with Crippen LogP contribution in [0.4, 0.5) is 15.3 Å². The predicted octanol–water partition coefficient (Wildman–Crippen LogP) is 4.93. The maximum Gasteiger partial charge on any atom is 0.411 e. The van der Waals surface area contributed by atoms with Crippen LogP contribution in [0.1, 0.15) is 45.3 Å². The molecule has 0 saturated carbocycles. The SMILES string of the molecule is CCn1ccc(C(Cc2nc(-c3ccc(NC(=O)OC)cc3)c(Cl)[nH]2)NC(=O)OC(C)(C)C)n1. The van der Waals surface area contributed by atoms with Gasteiger partial charge in [0.2, 0.25) is 0 Å². The molecule has 1 unspecified atom stereocenters. The first-order chi connectivity index (χ1) is 16.1. The van der Waals surface area contributed by atoms with E-state index in [-0.39, 0.29) is 0 Å². The Bertz CT molecular complexity index is 1130. The Hall–Kier alpha value is -3.53. The van der Waals surface area contributed by atoms with Crippen LogP contribution in [0.5, 0.6) is 0 Å². The molecule has 0 aliphatic rings. The molecule has 0 bridgehead atoms. The van der Waals surface area contributed by atoms with Crippen LogP contribution < -0.4 is 10.6 Å². The van der Waals surface area contributed by atoms with E-state index < -0.39 is 23.8 Å². The number of anilines is 1. The summed E-state index contributed by atoms with van der Waals surface area (Å²) in [6.45, 7) is 8.10. The highest BCUT2D eigenvalue weighted by molar-refractivity contribution is 6.31. The van der Waals surface area contributed by atoms with Crippen LogP contribution in [0, 0.1) is 0 Å². The van der Waals surface area contributed by atoms with Gasteiger partial charge in [0.15, 0.2) is 0 Å². The average Bonchev–Trinajstić information content (AvgIpc) is 3.39. The molecule has 10 nitrogen and oxygen atoms in total. The second-order valence-electron chi connectivity index (χ2n) is 8.54. The number of aromatic nitrogens is 4. The molecule has 34 heavy (non-hydrogen) atoms. The van der Waals surface area contributed by atoms with E-state index in [1.165, 1.54) is 7.11 Å². The van der Waals surface area contributed by atoms with Crippen LogP contribution in [-0.4, -0.2) is 44.6 Å². The Morgan fingerprint density at radius 2 is 1.88 bits per heavy atom. The first-order valence-corrected chi connectivity index (χ1v) is 11.2. The Morgan fingerprint density at radius 1 is 1.18 bits per heavy atom. The lowest BCUT2D eigenvalue weighted by molar-refractivity contribution is 0.0501. The van der Waals surface area contributed by atoms with Crippen molar-refractivity contribution in [3.63, 3.8) is 0 Å². The van der Waals surface area contributed by atoms with Crippen molar-refractivity contribution in [2.75, 3.05) is 12.4 Å². The van der Waals surface area contributed by atoms with E-state index in [9.17, 15) is 9.59 Å². The maximum atomic E-state index is 12.5. The molecular weight excluding hydrogens is 460 g/mol. The molecule has 2 amide bonds. The number of hydrogen-bond donors (Lipinski definition) is 3. The highest BCUT2D eigenvalue weighted by Crippen LogP contribution is 2.28. The molecule has 3 aromatic rings. The number of hydrogen-bond acceptors (Lipinski definition) is 6. The van der Waals surface area contributed by atoms with E-state index in [0.29, 0.717) is 41.0 Å². The predicted molar refractivity (Wildman–Crippen MR) is 129 cm³/mol. The number of halogens is 1. The number of nitrogens with zero attached hydrogens (tertiary/aromatic N) is 3. The quantitative estimate of drug-likeness (QED) is 0.433. The number of nitrogens with one attached hydrogen (secondary N) is 3. The van der Waals surface area contributed by atoms with Crippen molar-refractivity contribution >= 4 is 29.5 Å². The number of amides is 2. The standard InChI is InChI=1S/C23H29ClN6O4/c1-6-30-12-11-16(29-30)17(26-22(32)34-23(2,3)4)13-18-27-19(20(24)28-18)14-7-9-15(10-8-14)25-21(31)33-5/h7-12,17H,6,13H2,1-5H3,(H,25,31)(H,26,32)(H,27,28). The zero-order valence-electron chi connectivity index (χ0n) is 19.8. The van der Waals surface area contributed by atoms with Gasteiger partial charge < -0.3 is 19.8 Å². The van der Waals surface area contributed by atoms with Gasteiger partial charge in [-0.15, -0.1) is 0 Å². The molecular formula is C23H29ClN6O4. The van der Waals surface area contributed by atoms with Gasteiger partial charge in [0.25, 0.3) is 0 Å². The van der Waals surface area contributed by atoms with Gasteiger partial charge in [-0.1, -0.05) is 23.7 Å². The minimum Gasteiger partial charge on any atom is -0.453 e. The Kier molecular flexibility index (Phi) is 7.83. The minimum atomic E-state index is -0.631. The molecule has 11 heteroatoms. The lowest BCUT2D eigenvalue weighted by Gasteiger charge is -2.22. The molecule has 1 aromatic carbocycles. The van der Waals surface area contributed by atoms with Gasteiger partial charge in [-0.2, -0.15) is 5.10 Å². The van der Waals surface area contributed by atoms with E-state index in [4.69, 9.17) is 16.3 Å². The number of benzene rings is 1. The second-order valence-corrected chi connectivity index (χ2v) is 8.92. The normalized spacial score (nSPS) is 12.2. The molecule has 0 radical (unpaired) electrons. The van der Waals surface area contributed by atoms with Crippen molar-refractivity contribution in [2.45, 2.75) is 52.3 Å². The number of ether oxygens (including phenoxy) is 2. The van der Waals surface area contributed by atoms with E-state index in [1.807, 2.05) is 19.2 Å². The van der Waals surface area contributed by atoms with Gasteiger partial charge in [0.05, 0.1) is 18.8 Å². The van der Waals surface area contributed by atoms with E-state index >= 15 is 0 Å². The fourth-order valence-electron chi connectivity index (χ4n) is 3.18. The minimum absolute atomic E-state index is 0.321. The Morgan fingerprint density at radius 3 is 2.47 bits per heavy atom. The zero-order chi connectivity index (χ0) is 24.9. The lowest BCUT2D eigenvalue weighted by atomic mass is 10.1. The number of methoxy groups -OCH3 is 1. The third-order valence-electron chi connectivity index (χ3n) is 4.73. The van der Waals surface area contributed by atoms with Crippen LogP contribution in [0.2, 0.25) is 5.15 Å². The van der Waals surface area contributed by atoms with E-state index in [2.05, 4.69) is 30.4 Å². The summed E-state index contributed by atoms with van der Waals surface area (Å²) in [6, 6.07) is 8.39. The number of imidazole rings is 1. The van der Waals surface area contributed by atoms with Gasteiger partial charge in [-0.25, -0.2) is 14.6 Å². The summed E-state index contributed by atoms with van der Waals surface area (Å²) in [5, 5.41) is 10.4. The van der Waals surface area contributed by atoms with Gasteiger partial charge in [0, 0.05) is 30.4 Å². The van der Waals surface area contributed by atoms with Crippen LogP contribution in [-0.2, 0) is 22.4 Å². The molecule has 0 aliphatic heterocycles. The van der Waals surface area contributed by atoms with E-state index in [1.54, 1.807) is 49.7 Å². The fraction of sp³-hybridized carbons (Fsp3) is 0.391.